The number of rotatable bonds is 5. The number of aromatic nitrogens is 2. The fourth-order valence-electron chi connectivity index (χ4n) is 2.92. The van der Waals surface area contributed by atoms with E-state index in [-0.39, 0.29) is 5.56 Å². The number of benzene rings is 1. The first kappa shape index (κ1) is 17.1. The molecule has 0 unspecified atom stereocenters. The number of hydrogen-bond acceptors (Lipinski definition) is 5. The van der Waals surface area contributed by atoms with E-state index in [2.05, 4.69) is 40.4 Å². The third-order valence-electron chi connectivity index (χ3n) is 4.31. The van der Waals surface area contributed by atoms with E-state index in [0.717, 1.165) is 21.8 Å². The van der Waals surface area contributed by atoms with E-state index in [1.54, 1.807) is 22.7 Å². The van der Waals surface area contributed by atoms with E-state index in [9.17, 15) is 4.79 Å². The molecule has 26 heavy (non-hydrogen) atoms. The normalized spacial score (nSPS) is 11.5. The summed E-state index contributed by atoms with van der Waals surface area (Å²) in [5, 5.41) is 2.77. The monoisotopic (exact) mass is 381 g/mol. The van der Waals surface area contributed by atoms with Gasteiger partial charge in [-0.25, -0.2) is 4.98 Å². The van der Waals surface area contributed by atoms with Gasteiger partial charge >= 0.3 is 0 Å². The molecule has 1 aromatic carbocycles. The van der Waals surface area contributed by atoms with Crippen molar-refractivity contribution in [1.82, 2.24) is 14.9 Å². The quantitative estimate of drug-likeness (QED) is 0.547. The third kappa shape index (κ3) is 3.49. The molecule has 0 saturated carbocycles. The molecule has 0 bridgehead atoms. The van der Waals surface area contributed by atoms with Crippen molar-refractivity contribution in [2.75, 3.05) is 7.05 Å². The van der Waals surface area contributed by atoms with Gasteiger partial charge in [0.1, 0.15) is 10.7 Å². The van der Waals surface area contributed by atoms with Crippen molar-refractivity contribution >= 4 is 32.9 Å². The summed E-state index contributed by atoms with van der Waals surface area (Å²) < 4.78 is 0. The van der Waals surface area contributed by atoms with Crippen molar-refractivity contribution in [3.63, 3.8) is 0 Å². The van der Waals surface area contributed by atoms with Gasteiger partial charge in [-0.1, -0.05) is 30.3 Å². The maximum Gasteiger partial charge on any atom is 0.259 e. The summed E-state index contributed by atoms with van der Waals surface area (Å²) in [6, 6.07) is 14.2. The van der Waals surface area contributed by atoms with Crippen LogP contribution in [0, 0.1) is 6.92 Å². The molecule has 0 aliphatic heterocycles. The van der Waals surface area contributed by atoms with Crippen LogP contribution in [-0.2, 0) is 13.1 Å². The Kier molecular flexibility index (Phi) is 4.72. The first-order valence-corrected chi connectivity index (χ1v) is 10.1. The number of aromatic amines is 1. The zero-order valence-corrected chi connectivity index (χ0v) is 16.3. The highest BCUT2D eigenvalue weighted by atomic mass is 32.1. The SMILES string of the molecule is Cc1ccsc1CN(C)Cc1nc2sc(-c3ccccc3)cc2c(=O)[nH]1. The van der Waals surface area contributed by atoms with Crippen LogP contribution < -0.4 is 5.56 Å². The molecular weight excluding hydrogens is 362 g/mol. The van der Waals surface area contributed by atoms with Crippen molar-refractivity contribution in [3.05, 3.63) is 74.5 Å². The lowest BCUT2D eigenvalue weighted by Gasteiger charge is -2.15. The second-order valence-corrected chi connectivity index (χ2v) is 8.44. The summed E-state index contributed by atoms with van der Waals surface area (Å²) in [5.41, 5.74) is 2.36. The van der Waals surface area contributed by atoms with Crippen LogP contribution in [0.2, 0.25) is 0 Å². The second-order valence-electron chi connectivity index (χ2n) is 6.41. The van der Waals surface area contributed by atoms with Crippen molar-refractivity contribution in [1.29, 1.82) is 0 Å². The molecule has 3 heterocycles. The van der Waals surface area contributed by atoms with E-state index in [0.29, 0.717) is 17.8 Å². The molecule has 0 atom stereocenters. The molecule has 4 aromatic rings. The van der Waals surface area contributed by atoms with E-state index >= 15 is 0 Å². The third-order valence-corrected chi connectivity index (χ3v) is 6.40. The lowest BCUT2D eigenvalue weighted by Crippen LogP contribution is -2.21. The first-order chi connectivity index (χ1) is 12.6. The number of nitrogens with zero attached hydrogens (tertiary/aromatic N) is 2. The molecular formula is C20H19N3OS2. The average molecular weight is 382 g/mol. The fraction of sp³-hybridized carbons (Fsp3) is 0.200. The largest absolute Gasteiger partial charge is 0.309 e. The number of nitrogens with one attached hydrogen (secondary N) is 1. The van der Waals surface area contributed by atoms with Gasteiger partial charge in [0.25, 0.3) is 5.56 Å². The Bertz CT molecular complexity index is 1100. The Morgan fingerprint density at radius 1 is 1.15 bits per heavy atom. The summed E-state index contributed by atoms with van der Waals surface area (Å²) in [5.74, 6) is 0.709. The summed E-state index contributed by atoms with van der Waals surface area (Å²) in [6.07, 6.45) is 0. The predicted molar refractivity (Wildman–Crippen MR) is 110 cm³/mol. The predicted octanol–water partition coefficient (Wildman–Crippen LogP) is 4.65. The number of aryl methyl sites for hydroxylation is 1. The van der Waals surface area contributed by atoms with Gasteiger partial charge in [0.15, 0.2) is 0 Å². The molecule has 6 heteroatoms. The van der Waals surface area contributed by atoms with Gasteiger partial charge in [0, 0.05) is 16.3 Å². The molecule has 0 spiro atoms. The first-order valence-electron chi connectivity index (χ1n) is 8.40. The lowest BCUT2D eigenvalue weighted by molar-refractivity contribution is 0.313. The fourth-order valence-corrected chi connectivity index (χ4v) is 4.96. The standard InChI is InChI=1S/C20H19N3OS2/c1-13-8-9-25-17(13)11-23(2)12-18-21-19(24)15-10-16(26-20(15)22-18)14-6-4-3-5-7-14/h3-10H,11-12H2,1-2H3,(H,21,22,24). The minimum atomic E-state index is -0.0656. The lowest BCUT2D eigenvalue weighted by atomic mass is 10.2. The maximum atomic E-state index is 12.5. The van der Waals surface area contributed by atoms with Crippen molar-refractivity contribution in [2.45, 2.75) is 20.0 Å². The second kappa shape index (κ2) is 7.15. The molecule has 0 aliphatic rings. The molecule has 0 saturated heterocycles. The molecule has 0 fully saturated rings. The van der Waals surface area contributed by atoms with Gasteiger partial charge < -0.3 is 4.98 Å². The summed E-state index contributed by atoms with van der Waals surface area (Å²) in [6.45, 7) is 3.59. The highest BCUT2D eigenvalue weighted by molar-refractivity contribution is 7.21. The Morgan fingerprint density at radius 2 is 1.96 bits per heavy atom. The molecule has 0 radical (unpaired) electrons. The Hall–Kier alpha value is -2.28. The summed E-state index contributed by atoms with van der Waals surface area (Å²) in [4.78, 5) is 25.5. The van der Waals surface area contributed by atoms with E-state index in [1.807, 2.05) is 31.3 Å². The van der Waals surface area contributed by atoms with Gasteiger partial charge in [0.05, 0.1) is 11.9 Å². The van der Waals surface area contributed by atoms with Crippen LogP contribution in [-0.4, -0.2) is 21.9 Å². The van der Waals surface area contributed by atoms with Crippen LogP contribution in [0.15, 0.2) is 52.6 Å². The Balaban J connectivity index is 1.60. The molecule has 132 valence electrons. The van der Waals surface area contributed by atoms with Crippen molar-refractivity contribution in [3.8, 4) is 10.4 Å². The van der Waals surface area contributed by atoms with Crippen LogP contribution in [0.4, 0.5) is 0 Å². The molecule has 3 aromatic heterocycles. The summed E-state index contributed by atoms with van der Waals surface area (Å²) >= 11 is 3.33. The maximum absolute atomic E-state index is 12.5. The van der Waals surface area contributed by atoms with Crippen molar-refractivity contribution < 1.29 is 0 Å². The molecule has 0 amide bonds. The minimum absolute atomic E-state index is 0.0656. The van der Waals surface area contributed by atoms with Crippen LogP contribution in [0.3, 0.4) is 0 Å². The van der Waals surface area contributed by atoms with Gasteiger partial charge in [-0.2, -0.15) is 0 Å². The van der Waals surface area contributed by atoms with Crippen molar-refractivity contribution in [2.24, 2.45) is 0 Å². The number of hydrogen-bond donors (Lipinski definition) is 1. The van der Waals surface area contributed by atoms with Crippen LogP contribution in [0.25, 0.3) is 20.7 Å². The molecule has 4 rings (SSSR count). The smallest absolute Gasteiger partial charge is 0.259 e. The topological polar surface area (TPSA) is 49.0 Å². The highest BCUT2D eigenvalue weighted by Crippen LogP contribution is 2.30. The number of thiophene rings is 2. The van der Waals surface area contributed by atoms with E-state index in [1.165, 1.54) is 10.4 Å². The van der Waals surface area contributed by atoms with Crippen LogP contribution in [0.1, 0.15) is 16.3 Å². The van der Waals surface area contributed by atoms with Crippen LogP contribution >= 0.6 is 22.7 Å². The molecule has 1 N–H and O–H groups in total. The van der Waals surface area contributed by atoms with Crippen LogP contribution in [0.5, 0.6) is 0 Å². The van der Waals surface area contributed by atoms with E-state index < -0.39 is 0 Å². The molecule has 4 nitrogen and oxygen atoms in total. The highest BCUT2D eigenvalue weighted by Gasteiger charge is 2.12. The van der Waals surface area contributed by atoms with Gasteiger partial charge in [0.2, 0.25) is 0 Å². The average Bonchev–Trinajstić information content (AvgIpc) is 3.23. The van der Waals surface area contributed by atoms with Gasteiger partial charge in [-0.15, -0.1) is 22.7 Å². The van der Waals surface area contributed by atoms with Gasteiger partial charge in [-0.05, 0) is 42.6 Å². The Morgan fingerprint density at radius 3 is 2.69 bits per heavy atom. The van der Waals surface area contributed by atoms with Gasteiger partial charge in [-0.3, -0.25) is 9.69 Å². The number of H-pyrrole nitrogens is 1. The minimum Gasteiger partial charge on any atom is -0.309 e. The molecule has 0 aliphatic carbocycles. The zero-order chi connectivity index (χ0) is 18.1. The summed E-state index contributed by atoms with van der Waals surface area (Å²) in [7, 11) is 2.05. The van der Waals surface area contributed by atoms with E-state index in [4.69, 9.17) is 4.98 Å². The number of fused-ring (bicyclic) bond motifs is 1. The zero-order valence-electron chi connectivity index (χ0n) is 14.7. The Labute approximate surface area is 159 Å².